The molecular formula is C14H10FNO2. The highest BCUT2D eigenvalue weighted by Crippen LogP contribution is 2.25. The Labute approximate surface area is 104 Å². The second kappa shape index (κ2) is 5.19. The van der Waals surface area contributed by atoms with Gasteiger partial charge in [0.05, 0.1) is 5.56 Å². The van der Waals surface area contributed by atoms with Crippen molar-refractivity contribution in [1.29, 1.82) is 5.26 Å². The Morgan fingerprint density at radius 2 is 2.00 bits per heavy atom. The number of phenols is 1. The number of aromatic hydroxyl groups is 1. The lowest BCUT2D eigenvalue weighted by molar-refractivity contribution is 0.289. The van der Waals surface area contributed by atoms with Crippen molar-refractivity contribution in [3.05, 3.63) is 59.4 Å². The number of benzene rings is 2. The highest BCUT2D eigenvalue weighted by atomic mass is 19.1. The van der Waals surface area contributed by atoms with E-state index in [0.717, 1.165) is 0 Å². The van der Waals surface area contributed by atoms with Crippen LogP contribution in [0.1, 0.15) is 11.1 Å². The average molecular weight is 243 g/mol. The molecule has 3 nitrogen and oxygen atoms in total. The van der Waals surface area contributed by atoms with Crippen LogP contribution in [0.2, 0.25) is 0 Å². The van der Waals surface area contributed by atoms with Gasteiger partial charge in [0.2, 0.25) is 0 Å². The Balaban J connectivity index is 2.12. The largest absolute Gasteiger partial charge is 0.504 e. The molecular weight excluding hydrogens is 233 g/mol. The molecule has 0 saturated heterocycles. The van der Waals surface area contributed by atoms with E-state index >= 15 is 0 Å². The number of phenolic OH excluding ortho intramolecular Hbond substituents is 1. The van der Waals surface area contributed by atoms with Gasteiger partial charge in [0.1, 0.15) is 18.5 Å². The number of nitrogens with zero attached hydrogens (tertiary/aromatic N) is 1. The molecule has 2 aromatic carbocycles. The number of para-hydroxylation sites is 2. The summed E-state index contributed by atoms with van der Waals surface area (Å²) in [6, 6.07) is 12.5. The van der Waals surface area contributed by atoms with Gasteiger partial charge in [-0.1, -0.05) is 18.2 Å². The van der Waals surface area contributed by atoms with Crippen molar-refractivity contribution in [2.75, 3.05) is 0 Å². The molecule has 0 unspecified atom stereocenters. The fraction of sp³-hybridized carbons (Fsp3) is 0.0714. The van der Waals surface area contributed by atoms with Crippen LogP contribution in [-0.2, 0) is 6.61 Å². The Kier molecular flexibility index (Phi) is 3.44. The van der Waals surface area contributed by atoms with E-state index in [2.05, 4.69) is 0 Å². The van der Waals surface area contributed by atoms with Gasteiger partial charge >= 0.3 is 0 Å². The predicted octanol–water partition coefficient (Wildman–Crippen LogP) is 2.98. The minimum absolute atomic E-state index is 0.0200. The maximum atomic E-state index is 13.1. The maximum absolute atomic E-state index is 13.1. The quantitative estimate of drug-likeness (QED) is 0.901. The summed E-state index contributed by atoms with van der Waals surface area (Å²) in [6.07, 6.45) is 0. The molecule has 2 aromatic rings. The minimum Gasteiger partial charge on any atom is -0.504 e. The lowest BCUT2D eigenvalue weighted by atomic mass is 10.1. The summed E-state index contributed by atoms with van der Waals surface area (Å²) >= 11 is 0. The fourth-order valence-electron chi connectivity index (χ4n) is 1.49. The summed E-state index contributed by atoms with van der Waals surface area (Å²) in [5.74, 6) is -0.163. The molecule has 2 rings (SSSR count). The smallest absolute Gasteiger partial charge is 0.161 e. The van der Waals surface area contributed by atoms with E-state index in [1.807, 2.05) is 0 Å². The normalized spacial score (nSPS) is 9.78. The Morgan fingerprint density at radius 3 is 2.72 bits per heavy atom. The van der Waals surface area contributed by atoms with E-state index in [9.17, 15) is 9.50 Å². The van der Waals surface area contributed by atoms with Crippen LogP contribution in [0.4, 0.5) is 4.39 Å². The molecule has 0 spiro atoms. The van der Waals surface area contributed by atoms with Gasteiger partial charge in [0.25, 0.3) is 0 Å². The van der Waals surface area contributed by atoms with Gasteiger partial charge in [-0.15, -0.1) is 0 Å². The van der Waals surface area contributed by atoms with E-state index in [1.165, 1.54) is 24.3 Å². The van der Waals surface area contributed by atoms with Gasteiger partial charge in [-0.2, -0.15) is 5.26 Å². The molecule has 0 heterocycles. The molecule has 0 amide bonds. The SMILES string of the molecule is N#Cc1cc(COc2ccccc2O)ccc1F. The third-order valence-corrected chi connectivity index (χ3v) is 2.41. The van der Waals surface area contributed by atoms with E-state index in [4.69, 9.17) is 10.00 Å². The van der Waals surface area contributed by atoms with Gasteiger partial charge in [0.15, 0.2) is 11.5 Å². The molecule has 4 heteroatoms. The Morgan fingerprint density at radius 1 is 1.22 bits per heavy atom. The van der Waals surface area contributed by atoms with E-state index in [0.29, 0.717) is 11.3 Å². The van der Waals surface area contributed by atoms with Crippen LogP contribution in [0.5, 0.6) is 11.5 Å². The Hall–Kier alpha value is -2.54. The highest BCUT2D eigenvalue weighted by molar-refractivity contribution is 5.39. The van der Waals surface area contributed by atoms with Crippen molar-refractivity contribution in [1.82, 2.24) is 0 Å². The van der Waals surface area contributed by atoms with E-state index < -0.39 is 5.82 Å². The predicted molar refractivity (Wildman–Crippen MR) is 63.6 cm³/mol. The summed E-state index contributed by atoms with van der Waals surface area (Å²) in [5.41, 5.74) is 0.643. The third kappa shape index (κ3) is 2.58. The average Bonchev–Trinajstić information content (AvgIpc) is 2.39. The lowest BCUT2D eigenvalue weighted by Crippen LogP contribution is -1.97. The zero-order chi connectivity index (χ0) is 13.0. The number of hydrogen-bond acceptors (Lipinski definition) is 3. The second-order valence-electron chi connectivity index (χ2n) is 3.68. The van der Waals surface area contributed by atoms with Crippen LogP contribution in [0.15, 0.2) is 42.5 Å². The molecule has 0 aromatic heterocycles. The first kappa shape index (κ1) is 11.9. The van der Waals surface area contributed by atoms with Crippen molar-refractivity contribution in [3.8, 4) is 17.6 Å². The zero-order valence-electron chi connectivity index (χ0n) is 9.43. The Bertz CT molecular complexity index is 605. The third-order valence-electron chi connectivity index (χ3n) is 2.41. The molecule has 0 aliphatic rings. The maximum Gasteiger partial charge on any atom is 0.161 e. The second-order valence-corrected chi connectivity index (χ2v) is 3.68. The van der Waals surface area contributed by atoms with Crippen LogP contribution in [0.3, 0.4) is 0 Å². The van der Waals surface area contributed by atoms with Gasteiger partial charge in [-0.05, 0) is 29.8 Å². The van der Waals surface area contributed by atoms with Crippen molar-refractivity contribution in [3.63, 3.8) is 0 Å². The van der Waals surface area contributed by atoms with Crippen molar-refractivity contribution < 1.29 is 14.2 Å². The van der Waals surface area contributed by atoms with Crippen LogP contribution >= 0.6 is 0 Å². The van der Waals surface area contributed by atoms with Crippen LogP contribution in [0, 0.1) is 17.1 Å². The number of hydrogen-bond donors (Lipinski definition) is 1. The lowest BCUT2D eigenvalue weighted by Gasteiger charge is -2.08. The molecule has 0 saturated carbocycles. The fourth-order valence-corrected chi connectivity index (χ4v) is 1.49. The summed E-state index contributed by atoms with van der Waals surface area (Å²) in [5, 5.41) is 18.2. The first-order valence-electron chi connectivity index (χ1n) is 5.30. The van der Waals surface area contributed by atoms with E-state index in [1.54, 1.807) is 24.3 Å². The molecule has 0 radical (unpaired) electrons. The standard InChI is InChI=1S/C14H10FNO2/c15-12-6-5-10(7-11(12)8-16)9-18-14-4-2-1-3-13(14)17/h1-7,17H,9H2. The number of rotatable bonds is 3. The molecule has 1 N–H and O–H groups in total. The minimum atomic E-state index is -0.552. The molecule has 0 bridgehead atoms. The summed E-state index contributed by atoms with van der Waals surface area (Å²) < 4.78 is 18.5. The first-order chi connectivity index (χ1) is 8.70. The summed E-state index contributed by atoms with van der Waals surface area (Å²) in [6.45, 7) is 0.159. The summed E-state index contributed by atoms with van der Waals surface area (Å²) in [7, 11) is 0. The monoisotopic (exact) mass is 243 g/mol. The van der Waals surface area contributed by atoms with E-state index in [-0.39, 0.29) is 17.9 Å². The highest BCUT2D eigenvalue weighted by Gasteiger charge is 2.05. The van der Waals surface area contributed by atoms with Gasteiger partial charge in [-0.3, -0.25) is 0 Å². The molecule has 0 aliphatic carbocycles. The summed E-state index contributed by atoms with van der Waals surface area (Å²) in [4.78, 5) is 0. The zero-order valence-corrected chi connectivity index (χ0v) is 9.43. The van der Waals surface area contributed by atoms with Gasteiger partial charge < -0.3 is 9.84 Å². The van der Waals surface area contributed by atoms with Gasteiger partial charge in [0, 0.05) is 0 Å². The first-order valence-corrected chi connectivity index (χ1v) is 5.30. The molecule has 0 fully saturated rings. The topological polar surface area (TPSA) is 53.2 Å². The number of nitriles is 1. The number of halogens is 1. The van der Waals surface area contributed by atoms with Gasteiger partial charge in [-0.25, -0.2) is 4.39 Å². The number of ether oxygens (including phenoxy) is 1. The van der Waals surface area contributed by atoms with Crippen molar-refractivity contribution >= 4 is 0 Å². The van der Waals surface area contributed by atoms with Crippen molar-refractivity contribution in [2.24, 2.45) is 0 Å². The van der Waals surface area contributed by atoms with Crippen molar-refractivity contribution in [2.45, 2.75) is 6.61 Å². The van der Waals surface area contributed by atoms with Crippen LogP contribution in [-0.4, -0.2) is 5.11 Å². The molecule has 0 aliphatic heterocycles. The molecule has 18 heavy (non-hydrogen) atoms. The van der Waals surface area contributed by atoms with Crippen LogP contribution < -0.4 is 4.74 Å². The van der Waals surface area contributed by atoms with Crippen LogP contribution in [0.25, 0.3) is 0 Å². The molecule has 0 atom stereocenters. The molecule has 90 valence electrons.